The zero-order chi connectivity index (χ0) is 21.1. The molecule has 4 rings (SSSR count). The molecule has 1 fully saturated rings. The number of nitrogens with one attached hydrogen (secondary N) is 1. The van der Waals surface area contributed by atoms with Gasteiger partial charge in [-0.2, -0.15) is 0 Å². The van der Waals surface area contributed by atoms with Crippen molar-refractivity contribution >= 4 is 11.8 Å². The van der Waals surface area contributed by atoms with Crippen LogP contribution in [0.3, 0.4) is 0 Å². The molecular formula is C25H31NO4. The fourth-order valence-electron chi connectivity index (χ4n) is 4.90. The molecule has 1 heterocycles. The van der Waals surface area contributed by atoms with E-state index in [4.69, 9.17) is 9.47 Å². The molecule has 2 aliphatic carbocycles. The summed E-state index contributed by atoms with van der Waals surface area (Å²) in [7, 11) is 1.64. The molecule has 0 spiro atoms. The standard InChI is InChI=1S/C25H31NO4/c1-16-23-21(14-18(15-22(23)27)17-10-12-19(29-2)13-11-17)26-24(16)25(28)30-20-8-6-4-3-5-7-9-20/h10-13,18,20,26H,3-9,14-15H2,1-2H3/t18-/m1/s1. The number of H-pyrrole nitrogens is 1. The molecule has 2 aliphatic rings. The first-order valence-corrected chi connectivity index (χ1v) is 11.2. The molecule has 0 amide bonds. The first-order valence-electron chi connectivity index (χ1n) is 11.2. The second kappa shape index (κ2) is 9.07. The molecule has 2 aromatic rings. The minimum absolute atomic E-state index is 0.0136. The molecule has 1 N–H and O–H groups in total. The van der Waals surface area contributed by atoms with Crippen LogP contribution in [0.25, 0.3) is 0 Å². The summed E-state index contributed by atoms with van der Waals surface area (Å²) in [5.41, 5.74) is 3.84. The molecule has 30 heavy (non-hydrogen) atoms. The summed E-state index contributed by atoms with van der Waals surface area (Å²) in [6.45, 7) is 1.86. The number of aromatic amines is 1. The number of hydrogen-bond acceptors (Lipinski definition) is 4. The highest BCUT2D eigenvalue weighted by molar-refractivity contribution is 6.03. The lowest BCUT2D eigenvalue weighted by atomic mass is 9.81. The lowest BCUT2D eigenvalue weighted by Gasteiger charge is -2.22. The van der Waals surface area contributed by atoms with Crippen LogP contribution >= 0.6 is 0 Å². The van der Waals surface area contributed by atoms with Gasteiger partial charge in [-0.1, -0.05) is 31.4 Å². The SMILES string of the molecule is COc1ccc([C@H]2CC(=O)c3c([nH]c(C(=O)OC4CCCCCCC4)c3C)C2)cc1. The number of Topliss-reactive ketones (excluding diaryl/α,β-unsaturated/α-hetero) is 1. The quantitative estimate of drug-likeness (QED) is 0.676. The molecule has 5 nitrogen and oxygen atoms in total. The fourth-order valence-corrected chi connectivity index (χ4v) is 4.90. The maximum atomic E-state index is 12.9. The van der Waals surface area contributed by atoms with Gasteiger partial charge in [-0.15, -0.1) is 0 Å². The van der Waals surface area contributed by atoms with Crippen molar-refractivity contribution in [1.29, 1.82) is 0 Å². The van der Waals surface area contributed by atoms with Crippen LogP contribution in [0.2, 0.25) is 0 Å². The van der Waals surface area contributed by atoms with Gasteiger partial charge in [0.1, 0.15) is 17.5 Å². The van der Waals surface area contributed by atoms with E-state index < -0.39 is 0 Å². The van der Waals surface area contributed by atoms with E-state index in [2.05, 4.69) is 4.98 Å². The predicted octanol–water partition coefficient (Wildman–Crippen LogP) is 5.51. The molecule has 1 aromatic heterocycles. The number of ether oxygens (including phenoxy) is 2. The predicted molar refractivity (Wildman–Crippen MR) is 115 cm³/mol. The third-order valence-corrected chi connectivity index (χ3v) is 6.61. The number of ketones is 1. The van der Waals surface area contributed by atoms with Crippen LogP contribution in [0, 0.1) is 6.92 Å². The number of carbonyl (C=O) groups is 2. The largest absolute Gasteiger partial charge is 0.497 e. The zero-order valence-corrected chi connectivity index (χ0v) is 18.0. The highest BCUT2D eigenvalue weighted by Gasteiger charge is 2.32. The summed E-state index contributed by atoms with van der Waals surface area (Å²) in [5.74, 6) is 0.678. The van der Waals surface area contributed by atoms with E-state index in [0.717, 1.165) is 48.3 Å². The van der Waals surface area contributed by atoms with Gasteiger partial charge in [0.25, 0.3) is 0 Å². The molecule has 0 bridgehead atoms. The number of aromatic nitrogens is 1. The average molecular weight is 410 g/mol. The Labute approximate surface area is 178 Å². The summed E-state index contributed by atoms with van der Waals surface area (Å²) in [6, 6.07) is 7.88. The van der Waals surface area contributed by atoms with Crippen LogP contribution in [-0.4, -0.2) is 30.0 Å². The minimum atomic E-state index is -0.318. The average Bonchev–Trinajstić information content (AvgIpc) is 3.07. The number of fused-ring (bicyclic) bond motifs is 1. The van der Waals surface area contributed by atoms with E-state index in [-0.39, 0.29) is 23.8 Å². The Kier molecular flexibility index (Phi) is 6.26. The maximum Gasteiger partial charge on any atom is 0.355 e. The molecule has 160 valence electrons. The van der Waals surface area contributed by atoms with E-state index in [1.54, 1.807) is 7.11 Å². The number of benzene rings is 1. The Morgan fingerprint density at radius 1 is 1.00 bits per heavy atom. The van der Waals surface area contributed by atoms with Crippen molar-refractivity contribution in [3.05, 3.63) is 52.3 Å². The van der Waals surface area contributed by atoms with Crippen molar-refractivity contribution in [2.45, 2.75) is 76.7 Å². The lowest BCUT2D eigenvalue weighted by Crippen LogP contribution is -2.20. The molecule has 0 aliphatic heterocycles. The van der Waals surface area contributed by atoms with Crippen LogP contribution < -0.4 is 4.74 Å². The molecule has 0 radical (unpaired) electrons. The Bertz CT molecular complexity index is 904. The lowest BCUT2D eigenvalue weighted by molar-refractivity contribution is 0.0232. The fraction of sp³-hybridized carbons (Fsp3) is 0.520. The number of carbonyl (C=O) groups excluding carboxylic acids is 2. The van der Waals surface area contributed by atoms with Gasteiger partial charge in [-0.25, -0.2) is 4.79 Å². The normalized spacial score (nSPS) is 20.2. The Balaban J connectivity index is 1.51. The van der Waals surface area contributed by atoms with Crippen LogP contribution in [-0.2, 0) is 11.2 Å². The monoisotopic (exact) mass is 409 g/mol. The van der Waals surface area contributed by atoms with Gasteiger partial charge < -0.3 is 14.5 Å². The van der Waals surface area contributed by atoms with Gasteiger partial charge in [0, 0.05) is 17.7 Å². The van der Waals surface area contributed by atoms with Crippen molar-refractivity contribution in [3.8, 4) is 5.75 Å². The minimum Gasteiger partial charge on any atom is -0.497 e. The Hall–Kier alpha value is -2.56. The van der Waals surface area contributed by atoms with Gasteiger partial charge in [0.2, 0.25) is 0 Å². The maximum absolute atomic E-state index is 12.9. The zero-order valence-electron chi connectivity index (χ0n) is 18.0. The van der Waals surface area contributed by atoms with Crippen LogP contribution in [0.15, 0.2) is 24.3 Å². The summed E-state index contributed by atoms with van der Waals surface area (Å²) in [6.07, 6.45) is 8.95. The number of rotatable bonds is 4. The summed E-state index contributed by atoms with van der Waals surface area (Å²) >= 11 is 0. The first kappa shape index (κ1) is 20.7. The van der Waals surface area contributed by atoms with Crippen LogP contribution in [0.1, 0.15) is 95.0 Å². The summed E-state index contributed by atoms with van der Waals surface area (Å²) in [5, 5.41) is 0. The van der Waals surface area contributed by atoms with Crippen LogP contribution in [0.4, 0.5) is 0 Å². The van der Waals surface area contributed by atoms with E-state index in [1.165, 1.54) is 19.3 Å². The topological polar surface area (TPSA) is 68.4 Å². The third kappa shape index (κ3) is 4.30. The van der Waals surface area contributed by atoms with Crippen LogP contribution in [0.5, 0.6) is 5.75 Å². The Morgan fingerprint density at radius 3 is 2.33 bits per heavy atom. The molecule has 0 unspecified atom stereocenters. The van der Waals surface area contributed by atoms with E-state index in [9.17, 15) is 9.59 Å². The Morgan fingerprint density at radius 2 is 1.67 bits per heavy atom. The second-order valence-corrected chi connectivity index (χ2v) is 8.65. The molecule has 1 atom stereocenters. The molecule has 1 saturated carbocycles. The van der Waals surface area contributed by atoms with Gasteiger partial charge in [-0.3, -0.25) is 4.79 Å². The number of hydrogen-bond donors (Lipinski definition) is 1. The van der Waals surface area contributed by atoms with Crippen molar-refractivity contribution < 1.29 is 19.1 Å². The highest BCUT2D eigenvalue weighted by atomic mass is 16.5. The third-order valence-electron chi connectivity index (χ3n) is 6.61. The van der Waals surface area contributed by atoms with Gasteiger partial charge >= 0.3 is 5.97 Å². The van der Waals surface area contributed by atoms with E-state index in [1.807, 2.05) is 31.2 Å². The number of methoxy groups -OCH3 is 1. The van der Waals surface area contributed by atoms with E-state index in [0.29, 0.717) is 24.1 Å². The van der Waals surface area contributed by atoms with Gasteiger partial charge in [0.05, 0.1) is 7.11 Å². The number of esters is 1. The van der Waals surface area contributed by atoms with Crippen molar-refractivity contribution in [2.75, 3.05) is 7.11 Å². The van der Waals surface area contributed by atoms with Crippen molar-refractivity contribution in [3.63, 3.8) is 0 Å². The smallest absolute Gasteiger partial charge is 0.355 e. The van der Waals surface area contributed by atoms with Gasteiger partial charge in [0.15, 0.2) is 5.78 Å². The first-order chi connectivity index (χ1) is 14.6. The van der Waals surface area contributed by atoms with Crippen molar-refractivity contribution in [1.82, 2.24) is 4.98 Å². The molecule has 0 saturated heterocycles. The van der Waals surface area contributed by atoms with Crippen molar-refractivity contribution in [2.24, 2.45) is 0 Å². The second-order valence-electron chi connectivity index (χ2n) is 8.65. The van der Waals surface area contributed by atoms with Gasteiger partial charge in [-0.05, 0) is 68.2 Å². The summed E-state index contributed by atoms with van der Waals surface area (Å²) in [4.78, 5) is 29.1. The molecule has 1 aromatic carbocycles. The molecular weight excluding hydrogens is 378 g/mol. The highest BCUT2D eigenvalue weighted by Crippen LogP contribution is 2.36. The van der Waals surface area contributed by atoms with E-state index >= 15 is 0 Å². The molecule has 5 heteroatoms. The summed E-state index contributed by atoms with van der Waals surface area (Å²) < 4.78 is 11.1.